The Morgan fingerprint density at radius 1 is 1.35 bits per heavy atom. The van der Waals surface area contributed by atoms with Crippen molar-refractivity contribution >= 4 is 35.3 Å². The third kappa shape index (κ3) is 5.15. The molecule has 2 rings (SSSR count). The molecule has 0 saturated heterocycles. The Labute approximate surface area is 145 Å². The number of carbonyl (C=O) groups is 1. The molecule has 0 saturated carbocycles. The normalized spacial score (nSPS) is 11.1. The van der Waals surface area contributed by atoms with Crippen molar-refractivity contribution in [3.63, 3.8) is 0 Å². The van der Waals surface area contributed by atoms with Crippen molar-refractivity contribution in [3.05, 3.63) is 52.3 Å². The molecule has 0 aliphatic carbocycles. The van der Waals surface area contributed by atoms with E-state index < -0.39 is 0 Å². The summed E-state index contributed by atoms with van der Waals surface area (Å²) in [5.74, 6) is 0.698. The maximum atomic E-state index is 11.8. The highest BCUT2D eigenvalue weighted by Crippen LogP contribution is 2.20. The second-order valence-electron chi connectivity index (χ2n) is 5.20. The van der Waals surface area contributed by atoms with Gasteiger partial charge in [0.2, 0.25) is 5.91 Å². The summed E-state index contributed by atoms with van der Waals surface area (Å²) in [6.07, 6.45) is 3.19. The molecule has 2 aromatic rings. The Hall–Kier alpha value is -1.72. The van der Waals surface area contributed by atoms with Gasteiger partial charge in [0.25, 0.3) is 0 Å². The second kappa shape index (κ2) is 8.22. The predicted octanol–water partition coefficient (Wildman–Crippen LogP) is 3.61. The van der Waals surface area contributed by atoms with Gasteiger partial charge in [-0.15, -0.1) is 11.8 Å². The highest BCUT2D eigenvalue weighted by Gasteiger charge is 2.08. The second-order valence-corrected chi connectivity index (χ2v) is 6.73. The fourth-order valence-corrected chi connectivity index (χ4v) is 3.04. The van der Waals surface area contributed by atoms with E-state index in [-0.39, 0.29) is 5.91 Å². The van der Waals surface area contributed by atoms with Crippen LogP contribution in [0.2, 0.25) is 5.15 Å². The van der Waals surface area contributed by atoms with Gasteiger partial charge >= 0.3 is 0 Å². The summed E-state index contributed by atoms with van der Waals surface area (Å²) in [4.78, 5) is 13.0. The van der Waals surface area contributed by atoms with Crippen LogP contribution in [0.5, 0.6) is 0 Å². The predicted molar refractivity (Wildman–Crippen MR) is 96.9 cm³/mol. The SMILES string of the molecule is Cc1ccc(SCCNC(=O)/C=C/c2c(C)nn(C)c2Cl)cc1. The molecular weight excluding hydrogens is 330 g/mol. The lowest BCUT2D eigenvalue weighted by atomic mass is 10.2. The molecule has 0 aliphatic rings. The van der Waals surface area contributed by atoms with Crippen LogP contribution >= 0.6 is 23.4 Å². The maximum absolute atomic E-state index is 11.8. The van der Waals surface area contributed by atoms with E-state index in [2.05, 4.69) is 41.6 Å². The fourth-order valence-electron chi connectivity index (χ4n) is 2.03. The van der Waals surface area contributed by atoms with E-state index in [1.165, 1.54) is 16.5 Å². The van der Waals surface area contributed by atoms with E-state index in [9.17, 15) is 4.79 Å². The molecule has 4 nitrogen and oxygen atoms in total. The number of aromatic nitrogens is 2. The number of aryl methyl sites for hydroxylation is 3. The first-order valence-corrected chi connectivity index (χ1v) is 8.68. The van der Waals surface area contributed by atoms with Gasteiger partial charge in [-0.2, -0.15) is 5.10 Å². The van der Waals surface area contributed by atoms with Gasteiger partial charge < -0.3 is 5.32 Å². The number of thioether (sulfide) groups is 1. The topological polar surface area (TPSA) is 46.9 Å². The number of nitrogens with one attached hydrogen (secondary N) is 1. The molecule has 0 aliphatic heterocycles. The van der Waals surface area contributed by atoms with Crippen LogP contribution in [0.4, 0.5) is 0 Å². The molecule has 1 heterocycles. The summed E-state index contributed by atoms with van der Waals surface area (Å²) in [7, 11) is 1.77. The monoisotopic (exact) mass is 349 g/mol. The first-order valence-electron chi connectivity index (χ1n) is 7.32. The molecule has 23 heavy (non-hydrogen) atoms. The highest BCUT2D eigenvalue weighted by atomic mass is 35.5. The average molecular weight is 350 g/mol. The molecule has 0 unspecified atom stereocenters. The van der Waals surface area contributed by atoms with Crippen molar-refractivity contribution in [1.82, 2.24) is 15.1 Å². The zero-order valence-corrected chi connectivity index (χ0v) is 15.0. The molecule has 0 bridgehead atoms. The molecule has 122 valence electrons. The van der Waals surface area contributed by atoms with Gasteiger partial charge in [-0.25, -0.2) is 0 Å². The number of hydrogen-bond donors (Lipinski definition) is 1. The minimum absolute atomic E-state index is 0.131. The lowest BCUT2D eigenvalue weighted by Crippen LogP contribution is -2.23. The zero-order chi connectivity index (χ0) is 16.8. The van der Waals surface area contributed by atoms with Gasteiger partial charge in [-0.3, -0.25) is 9.48 Å². The van der Waals surface area contributed by atoms with E-state index >= 15 is 0 Å². The Bertz CT molecular complexity index is 707. The summed E-state index contributed by atoms with van der Waals surface area (Å²) >= 11 is 7.84. The molecule has 1 aromatic carbocycles. The number of benzene rings is 1. The van der Waals surface area contributed by atoms with E-state index in [1.54, 1.807) is 29.6 Å². The van der Waals surface area contributed by atoms with Crippen molar-refractivity contribution in [2.24, 2.45) is 7.05 Å². The lowest BCUT2D eigenvalue weighted by molar-refractivity contribution is -0.116. The van der Waals surface area contributed by atoms with Crippen LogP contribution < -0.4 is 5.32 Å². The Morgan fingerprint density at radius 3 is 2.65 bits per heavy atom. The van der Waals surface area contributed by atoms with Gasteiger partial charge in [0.15, 0.2) is 0 Å². The van der Waals surface area contributed by atoms with Gasteiger partial charge in [0.05, 0.1) is 5.69 Å². The van der Waals surface area contributed by atoms with Crippen molar-refractivity contribution in [2.75, 3.05) is 12.3 Å². The number of halogens is 1. The van der Waals surface area contributed by atoms with Crippen LogP contribution in [-0.2, 0) is 11.8 Å². The number of carbonyl (C=O) groups excluding carboxylic acids is 1. The summed E-state index contributed by atoms with van der Waals surface area (Å²) in [5, 5.41) is 7.59. The number of rotatable bonds is 6. The summed E-state index contributed by atoms with van der Waals surface area (Å²) < 4.78 is 1.59. The number of nitrogens with zero attached hydrogens (tertiary/aromatic N) is 2. The third-order valence-corrected chi connectivity index (χ3v) is 4.75. The lowest BCUT2D eigenvalue weighted by Gasteiger charge is -2.03. The molecule has 0 atom stereocenters. The Balaban J connectivity index is 1.76. The zero-order valence-electron chi connectivity index (χ0n) is 13.5. The van der Waals surface area contributed by atoms with Gasteiger partial charge in [-0.1, -0.05) is 29.3 Å². The molecule has 0 radical (unpaired) electrons. The maximum Gasteiger partial charge on any atom is 0.244 e. The molecule has 6 heteroatoms. The van der Waals surface area contributed by atoms with Crippen molar-refractivity contribution < 1.29 is 4.79 Å². The first-order chi connectivity index (χ1) is 11.0. The molecular formula is C17H20ClN3OS. The summed E-state index contributed by atoms with van der Waals surface area (Å²) in [6, 6.07) is 8.36. The van der Waals surface area contributed by atoms with Gasteiger partial charge in [-0.05, 0) is 32.1 Å². The quantitative estimate of drug-likeness (QED) is 0.492. The van der Waals surface area contributed by atoms with E-state index in [4.69, 9.17) is 11.6 Å². The van der Waals surface area contributed by atoms with Gasteiger partial charge in [0, 0.05) is 35.9 Å². The first kappa shape index (κ1) is 17.6. The van der Waals surface area contributed by atoms with Gasteiger partial charge in [0.1, 0.15) is 5.15 Å². The largest absolute Gasteiger partial charge is 0.352 e. The van der Waals surface area contributed by atoms with Crippen LogP contribution in [0.1, 0.15) is 16.8 Å². The number of hydrogen-bond acceptors (Lipinski definition) is 3. The average Bonchev–Trinajstić information content (AvgIpc) is 2.76. The molecule has 0 fully saturated rings. The third-order valence-electron chi connectivity index (χ3n) is 3.29. The number of amides is 1. The summed E-state index contributed by atoms with van der Waals surface area (Å²) in [6.45, 7) is 4.54. The van der Waals surface area contributed by atoms with Crippen LogP contribution in [0.15, 0.2) is 35.2 Å². The molecule has 1 N–H and O–H groups in total. The van der Waals surface area contributed by atoms with E-state index in [1.807, 2.05) is 6.92 Å². The standard InChI is InChI=1S/C17H20ClN3OS/c1-12-4-6-14(7-5-12)23-11-10-19-16(22)9-8-15-13(2)20-21(3)17(15)18/h4-9H,10-11H2,1-3H3,(H,19,22)/b9-8+. The van der Waals surface area contributed by atoms with Crippen LogP contribution in [-0.4, -0.2) is 28.0 Å². The Kier molecular flexibility index (Phi) is 6.30. The molecule has 1 amide bonds. The van der Waals surface area contributed by atoms with Crippen LogP contribution in [0.3, 0.4) is 0 Å². The van der Waals surface area contributed by atoms with Crippen molar-refractivity contribution in [3.8, 4) is 0 Å². The van der Waals surface area contributed by atoms with E-state index in [0.29, 0.717) is 11.7 Å². The summed E-state index contributed by atoms with van der Waals surface area (Å²) in [5.41, 5.74) is 2.83. The molecule has 1 aromatic heterocycles. The minimum Gasteiger partial charge on any atom is -0.352 e. The van der Waals surface area contributed by atoms with Crippen molar-refractivity contribution in [2.45, 2.75) is 18.7 Å². The smallest absolute Gasteiger partial charge is 0.244 e. The fraction of sp³-hybridized carbons (Fsp3) is 0.294. The van der Waals surface area contributed by atoms with Crippen LogP contribution in [0, 0.1) is 13.8 Å². The van der Waals surface area contributed by atoms with Crippen molar-refractivity contribution in [1.29, 1.82) is 0 Å². The highest BCUT2D eigenvalue weighted by molar-refractivity contribution is 7.99. The Morgan fingerprint density at radius 2 is 2.04 bits per heavy atom. The van der Waals surface area contributed by atoms with E-state index in [0.717, 1.165) is 17.0 Å². The molecule has 0 spiro atoms. The van der Waals surface area contributed by atoms with Crippen LogP contribution in [0.25, 0.3) is 6.08 Å². The minimum atomic E-state index is -0.131.